The van der Waals surface area contributed by atoms with Gasteiger partial charge in [-0.25, -0.2) is 9.97 Å². The lowest BCUT2D eigenvalue weighted by Crippen LogP contribution is -2.44. The van der Waals surface area contributed by atoms with Crippen LogP contribution in [0.2, 0.25) is 0 Å². The molecule has 2 amide bonds. The maximum Gasteiger partial charge on any atom is 0.325 e. The molecule has 1 aliphatic rings. The average molecular weight is 382 g/mol. The summed E-state index contributed by atoms with van der Waals surface area (Å²) in [5.74, 6) is -0.906. The molecular formula is C20H22N4O4. The van der Waals surface area contributed by atoms with Gasteiger partial charge in [0, 0.05) is 42.5 Å². The standard InChI is InChI=1S/C20H22N4O4/c1-28-18(25)12-23-19(26)15-6-8-24(9-7-15)20(27)16-4-2-14(3-5-16)17-10-21-13-22-11-17/h2-5,10-11,13,15H,6-9,12H2,1H3,(H,23,26). The third-order valence-corrected chi connectivity index (χ3v) is 4.81. The van der Waals surface area contributed by atoms with Crippen LogP contribution >= 0.6 is 0 Å². The van der Waals surface area contributed by atoms with E-state index in [0.29, 0.717) is 31.5 Å². The molecule has 2 heterocycles. The number of hydrogen-bond acceptors (Lipinski definition) is 6. The molecule has 8 nitrogen and oxygen atoms in total. The van der Waals surface area contributed by atoms with Crippen LogP contribution < -0.4 is 5.32 Å². The van der Waals surface area contributed by atoms with Crippen molar-refractivity contribution < 1.29 is 19.1 Å². The summed E-state index contributed by atoms with van der Waals surface area (Å²) in [7, 11) is 1.28. The van der Waals surface area contributed by atoms with Gasteiger partial charge in [-0.3, -0.25) is 14.4 Å². The lowest BCUT2D eigenvalue weighted by molar-refractivity contribution is -0.141. The van der Waals surface area contributed by atoms with Crippen LogP contribution in [0, 0.1) is 5.92 Å². The Morgan fingerprint density at radius 1 is 1.07 bits per heavy atom. The van der Waals surface area contributed by atoms with Crippen LogP contribution in [0.25, 0.3) is 11.1 Å². The van der Waals surface area contributed by atoms with E-state index in [4.69, 9.17) is 0 Å². The Morgan fingerprint density at radius 2 is 1.71 bits per heavy atom. The van der Waals surface area contributed by atoms with Gasteiger partial charge in [0.25, 0.3) is 5.91 Å². The first-order chi connectivity index (χ1) is 13.6. The van der Waals surface area contributed by atoms with Gasteiger partial charge in [-0.2, -0.15) is 0 Å². The molecule has 2 aromatic rings. The van der Waals surface area contributed by atoms with Crippen molar-refractivity contribution in [1.29, 1.82) is 0 Å². The Labute approximate surface area is 162 Å². The van der Waals surface area contributed by atoms with Gasteiger partial charge < -0.3 is 15.0 Å². The number of likely N-dealkylation sites (tertiary alicyclic amines) is 1. The summed E-state index contributed by atoms with van der Waals surface area (Å²) >= 11 is 0. The topological polar surface area (TPSA) is 101 Å². The van der Waals surface area contributed by atoms with Gasteiger partial charge in [-0.15, -0.1) is 0 Å². The van der Waals surface area contributed by atoms with Crippen LogP contribution in [0.1, 0.15) is 23.2 Å². The lowest BCUT2D eigenvalue weighted by atomic mass is 9.95. The molecule has 146 valence electrons. The van der Waals surface area contributed by atoms with Crippen LogP contribution in [0.4, 0.5) is 0 Å². The van der Waals surface area contributed by atoms with Crippen LogP contribution in [0.3, 0.4) is 0 Å². The van der Waals surface area contributed by atoms with Gasteiger partial charge in [-0.05, 0) is 30.5 Å². The first kappa shape index (κ1) is 19.5. The summed E-state index contributed by atoms with van der Waals surface area (Å²) in [5, 5.41) is 2.57. The molecule has 1 aromatic heterocycles. The van der Waals surface area contributed by atoms with Gasteiger partial charge in [0.1, 0.15) is 12.9 Å². The number of nitrogens with one attached hydrogen (secondary N) is 1. The minimum absolute atomic E-state index is 0.0516. The summed E-state index contributed by atoms with van der Waals surface area (Å²) in [6.07, 6.45) is 6.05. The number of esters is 1. The zero-order valence-electron chi connectivity index (χ0n) is 15.6. The average Bonchev–Trinajstić information content (AvgIpc) is 2.77. The van der Waals surface area contributed by atoms with Gasteiger partial charge in [0.2, 0.25) is 5.91 Å². The SMILES string of the molecule is COC(=O)CNC(=O)C1CCN(C(=O)c2ccc(-c3cncnc3)cc2)CC1. The molecule has 0 aliphatic carbocycles. The van der Waals surface area contributed by atoms with E-state index in [2.05, 4.69) is 20.0 Å². The van der Waals surface area contributed by atoms with E-state index in [1.54, 1.807) is 29.4 Å². The van der Waals surface area contributed by atoms with Crippen molar-refractivity contribution in [2.24, 2.45) is 5.92 Å². The molecule has 1 aliphatic heterocycles. The number of carbonyl (C=O) groups excluding carboxylic acids is 3. The van der Waals surface area contributed by atoms with Gasteiger partial charge in [-0.1, -0.05) is 12.1 Å². The number of rotatable bonds is 5. The molecule has 0 bridgehead atoms. The van der Waals surface area contributed by atoms with Crippen LogP contribution in [-0.4, -0.2) is 59.4 Å². The van der Waals surface area contributed by atoms with Gasteiger partial charge in [0.15, 0.2) is 0 Å². The summed E-state index contributed by atoms with van der Waals surface area (Å²) < 4.78 is 4.51. The number of benzene rings is 1. The largest absolute Gasteiger partial charge is 0.468 e. The van der Waals surface area contributed by atoms with Gasteiger partial charge >= 0.3 is 5.97 Å². The molecule has 8 heteroatoms. The summed E-state index contributed by atoms with van der Waals surface area (Å²) in [5.41, 5.74) is 2.44. The Kier molecular flexibility index (Phi) is 6.31. The summed E-state index contributed by atoms with van der Waals surface area (Å²) in [4.78, 5) is 45.7. The number of piperidine rings is 1. The van der Waals surface area contributed by atoms with E-state index in [1.807, 2.05) is 12.1 Å². The van der Waals surface area contributed by atoms with Crippen LogP contribution in [0.5, 0.6) is 0 Å². The molecular weight excluding hydrogens is 360 g/mol. The Morgan fingerprint density at radius 3 is 2.32 bits per heavy atom. The highest BCUT2D eigenvalue weighted by atomic mass is 16.5. The second kappa shape index (κ2) is 9.07. The second-order valence-corrected chi connectivity index (χ2v) is 6.56. The van der Waals surface area contributed by atoms with E-state index in [1.165, 1.54) is 13.4 Å². The van der Waals surface area contributed by atoms with E-state index < -0.39 is 5.97 Å². The maximum atomic E-state index is 12.7. The maximum absolute atomic E-state index is 12.7. The fraction of sp³-hybridized carbons (Fsp3) is 0.350. The highest BCUT2D eigenvalue weighted by Gasteiger charge is 2.28. The van der Waals surface area contributed by atoms with Gasteiger partial charge in [0.05, 0.1) is 7.11 Å². The van der Waals surface area contributed by atoms with Crippen LogP contribution in [0.15, 0.2) is 43.0 Å². The number of aromatic nitrogens is 2. The predicted molar refractivity (Wildman–Crippen MR) is 101 cm³/mol. The molecule has 0 radical (unpaired) electrons. The number of amides is 2. The quantitative estimate of drug-likeness (QED) is 0.782. The molecule has 0 unspecified atom stereocenters. The Hall–Kier alpha value is -3.29. The molecule has 1 fully saturated rings. The van der Waals surface area contributed by atoms with Crippen molar-refractivity contribution in [1.82, 2.24) is 20.2 Å². The van der Waals surface area contributed by atoms with Crippen molar-refractivity contribution >= 4 is 17.8 Å². The lowest BCUT2D eigenvalue weighted by Gasteiger charge is -2.31. The minimum Gasteiger partial charge on any atom is -0.468 e. The Balaban J connectivity index is 1.54. The van der Waals surface area contributed by atoms with Crippen LogP contribution in [-0.2, 0) is 14.3 Å². The molecule has 1 N–H and O–H groups in total. The zero-order chi connectivity index (χ0) is 19.9. The second-order valence-electron chi connectivity index (χ2n) is 6.56. The van der Waals surface area contributed by atoms with Crippen molar-refractivity contribution in [3.63, 3.8) is 0 Å². The molecule has 0 saturated carbocycles. The normalized spacial score (nSPS) is 14.4. The third kappa shape index (κ3) is 4.70. The fourth-order valence-corrected chi connectivity index (χ4v) is 3.16. The summed E-state index contributed by atoms with van der Waals surface area (Å²) in [6, 6.07) is 7.33. The van der Waals surface area contributed by atoms with Crippen molar-refractivity contribution in [2.75, 3.05) is 26.7 Å². The number of ether oxygens (including phenoxy) is 1. The number of hydrogen-bond donors (Lipinski definition) is 1. The minimum atomic E-state index is -0.480. The Bertz CT molecular complexity index is 831. The number of carbonyl (C=O) groups is 3. The fourth-order valence-electron chi connectivity index (χ4n) is 3.16. The van der Waals surface area contributed by atoms with Crippen molar-refractivity contribution in [2.45, 2.75) is 12.8 Å². The zero-order valence-corrected chi connectivity index (χ0v) is 15.6. The highest BCUT2D eigenvalue weighted by Crippen LogP contribution is 2.21. The molecule has 1 aromatic carbocycles. The van der Waals surface area contributed by atoms with E-state index in [0.717, 1.165) is 11.1 Å². The number of methoxy groups -OCH3 is 1. The van der Waals surface area contributed by atoms with E-state index in [-0.39, 0.29) is 24.3 Å². The molecule has 0 atom stereocenters. The monoisotopic (exact) mass is 382 g/mol. The number of nitrogens with zero attached hydrogens (tertiary/aromatic N) is 3. The third-order valence-electron chi connectivity index (χ3n) is 4.81. The van der Waals surface area contributed by atoms with E-state index >= 15 is 0 Å². The molecule has 28 heavy (non-hydrogen) atoms. The molecule has 0 spiro atoms. The molecule has 1 saturated heterocycles. The van der Waals surface area contributed by atoms with E-state index in [9.17, 15) is 14.4 Å². The smallest absolute Gasteiger partial charge is 0.325 e. The highest BCUT2D eigenvalue weighted by molar-refractivity contribution is 5.95. The first-order valence-electron chi connectivity index (χ1n) is 9.07. The van der Waals surface area contributed by atoms with Crippen molar-refractivity contribution in [3.05, 3.63) is 48.5 Å². The molecule has 3 rings (SSSR count). The summed E-state index contributed by atoms with van der Waals surface area (Å²) in [6.45, 7) is 0.875. The van der Waals surface area contributed by atoms with Crippen molar-refractivity contribution in [3.8, 4) is 11.1 Å². The first-order valence-corrected chi connectivity index (χ1v) is 9.07. The predicted octanol–water partition coefficient (Wildman–Crippen LogP) is 1.28.